The Hall–Kier alpha value is -0.984. The Bertz CT molecular complexity index is 1220. The summed E-state index contributed by atoms with van der Waals surface area (Å²) in [6.45, 7) is 1.81. The van der Waals surface area contributed by atoms with Crippen LogP contribution in [0.15, 0.2) is 64.4 Å². The van der Waals surface area contributed by atoms with Crippen molar-refractivity contribution in [2.45, 2.75) is 16.7 Å². The molecule has 3 rings (SSSR count). The maximum Gasteiger partial charge on any atom is 1.00 e. The number of aryl methyl sites for hydroxylation is 1. The van der Waals surface area contributed by atoms with Crippen LogP contribution in [0.3, 0.4) is 0 Å². The fraction of sp³-hybridized carbons (Fsp3) is 0.111. The largest absolute Gasteiger partial charge is 1.00 e. The third kappa shape index (κ3) is 5.13. The van der Waals surface area contributed by atoms with Crippen molar-refractivity contribution in [2.24, 2.45) is 0 Å². The minimum absolute atomic E-state index is 0. The van der Waals surface area contributed by atoms with E-state index in [2.05, 4.69) is 5.32 Å². The minimum atomic E-state index is -4.81. The molecule has 0 fully saturated rings. The van der Waals surface area contributed by atoms with Crippen molar-refractivity contribution < 1.29 is 77.0 Å². The van der Waals surface area contributed by atoms with Gasteiger partial charge in [-0.05, 0) is 48.7 Å². The standard InChI is InChI=1S/C18H17NO6S2.K/c1-12-3-6-15(7-4-12)27(23,24)25-18-11-16(26(20,21)22)10-13-9-14(19-2)5-8-17(13)18;/h3-11,19H,1-2H3,(H,20,21,22);/q;+1/p-1. The van der Waals surface area contributed by atoms with E-state index in [4.69, 9.17) is 4.18 Å². The molecule has 1 N–H and O–H groups in total. The Labute approximate surface area is 206 Å². The van der Waals surface area contributed by atoms with Crippen LogP contribution in [0, 0.1) is 6.92 Å². The van der Waals surface area contributed by atoms with E-state index < -0.39 is 25.1 Å². The summed E-state index contributed by atoms with van der Waals surface area (Å²) in [6, 6.07) is 13.0. The average Bonchev–Trinajstić information content (AvgIpc) is 2.60. The van der Waals surface area contributed by atoms with Gasteiger partial charge in [0.2, 0.25) is 0 Å². The molecule has 0 atom stereocenters. The Morgan fingerprint density at radius 2 is 1.54 bits per heavy atom. The van der Waals surface area contributed by atoms with E-state index in [0.717, 1.165) is 11.6 Å². The Morgan fingerprint density at radius 3 is 2.11 bits per heavy atom. The zero-order chi connectivity index (χ0) is 19.8. The third-order valence-electron chi connectivity index (χ3n) is 3.97. The van der Waals surface area contributed by atoms with E-state index in [-0.39, 0.29) is 62.0 Å². The molecule has 0 spiro atoms. The minimum Gasteiger partial charge on any atom is -0.744 e. The van der Waals surface area contributed by atoms with Gasteiger partial charge < -0.3 is 14.1 Å². The van der Waals surface area contributed by atoms with Crippen LogP contribution in [0.5, 0.6) is 5.75 Å². The zero-order valence-electron chi connectivity index (χ0n) is 15.5. The molecule has 0 saturated carbocycles. The van der Waals surface area contributed by atoms with E-state index in [9.17, 15) is 21.4 Å². The number of rotatable bonds is 5. The zero-order valence-corrected chi connectivity index (χ0v) is 20.2. The van der Waals surface area contributed by atoms with Gasteiger partial charge in [-0.3, -0.25) is 0 Å². The van der Waals surface area contributed by atoms with Gasteiger partial charge in [0.15, 0.2) is 5.75 Å². The van der Waals surface area contributed by atoms with Gasteiger partial charge in [0.1, 0.15) is 15.0 Å². The first-order chi connectivity index (χ1) is 12.6. The van der Waals surface area contributed by atoms with E-state index in [1.807, 2.05) is 6.92 Å². The Kier molecular flexibility index (Phi) is 7.32. The first-order valence-corrected chi connectivity index (χ1v) is 10.6. The topological polar surface area (TPSA) is 113 Å². The molecule has 3 aromatic rings. The van der Waals surface area contributed by atoms with Crippen LogP contribution >= 0.6 is 0 Å². The predicted octanol–water partition coefficient (Wildman–Crippen LogP) is -0.134. The van der Waals surface area contributed by atoms with Gasteiger partial charge >= 0.3 is 61.5 Å². The summed E-state index contributed by atoms with van der Waals surface area (Å²) in [5.41, 5.74) is 1.54. The molecule has 0 aliphatic rings. The van der Waals surface area contributed by atoms with Crippen LogP contribution in [-0.4, -0.2) is 28.4 Å². The van der Waals surface area contributed by atoms with Gasteiger partial charge in [-0.1, -0.05) is 17.7 Å². The second-order valence-electron chi connectivity index (χ2n) is 5.91. The first-order valence-electron chi connectivity index (χ1n) is 7.83. The van der Waals surface area contributed by atoms with Crippen molar-refractivity contribution >= 4 is 36.7 Å². The molecule has 0 aromatic heterocycles. The van der Waals surface area contributed by atoms with Crippen molar-refractivity contribution in [1.29, 1.82) is 0 Å². The quantitative estimate of drug-likeness (QED) is 0.331. The summed E-state index contributed by atoms with van der Waals surface area (Å²) < 4.78 is 64.8. The Morgan fingerprint density at radius 1 is 0.893 bits per heavy atom. The molecule has 0 radical (unpaired) electrons. The van der Waals surface area contributed by atoms with Gasteiger partial charge in [0, 0.05) is 24.2 Å². The number of nitrogens with one attached hydrogen (secondary N) is 1. The number of hydrogen-bond acceptors (Lipinski definition) is 7. The smallest absolute Gasteiger partial charge is 0.744 e. The van der Waals surface area contributed by atoms with E-state index in [0.29, 0.717) is 16.5 Å². The van der Waals surface area contributed by atoms with Crippen LogP contribution in [0.25, 0.3) is 10.8 Å². The number of anilines is 1. The number of benzene rings is 3. The maximum atomic E-state index is 12.6. The van der Waals surface area contributed by atoms with E-state index in [1.54, 1.807) is 37.4 Å². The van der Waals surface area contributed by atoms with E-state index in [1.165, 1.54) is 18.2 Å². The van der Waals surface area contributed by atoms with Crippen molar-refractivity contribution in [3.63, 3.8) is 0 Å². The maximum absolute atomic E-state index is 12.6. The summed E-state index contributed by atoms with van der Waals surface area (Å²) in [6.07, 6.45) is 0. The van der Waals surface area contributed by atoms with E-state index >= 15 is 0 Å². The molecule has 0 unspecified atom stereocenters. The molecular weight excluding hydrogens is 429 g/mol. The van der Waals surface area contributed by atoms with Crippen LogP contribution in [0.1, 0.15) is 5.56 Å². The molecule has 0 bridgehead atoms. The predicted molar refractivity (Wildman–Crippen MR) is 100 cm³/mol. The monoisotopic (exact) mass is 445 g/mol. The molecule has 0 saturated heterocycles. The molecular formula is C18H16KNO6S2. The van der Waals surface area contributed by atoms with Crippen molar-refractivity contribution in [1.82, 2.24) is 0 Å². The van der Waals surface area contributed by atoms with Gasteiger partial charge in [-0.2, -0.15) is 8.42 Å². The van der Waals surface area contributed by atoms with Gasteiger partial charge in [0.25, 0.3) is 0 Å². The third-order valence-corrected chi connectivity index (χ3v) is 6.04. The van der Waals surface area contributed by atoms with Crippen LogP contribution in [0.2, 0.25) is 0 Å². The molecule has 28 heavy (non-hydrogen) atoms. The van der Waals surface area contributed by atoms with Gasteiger partial charge in [0.05, 0.1) is 4.90 Å². The molecule has 0 aliphatic carbocycles. The first kappa shape index (κ1) is 23.3. The van der Waals surface area contributed by atoms with Crippen molar-refractivity contribution in [2.75, 3.05) is 12.4 Å². The SMILES string of the molecule is CNc1ccc2c(OS(=O)(=O)c3ccc(C)cc3)cc(S(=O)(=O)[O-])cc2c1.[K+]. The second kappa shape index (κ2) is 8.80. The fourth-order valence-corrected chi connectivity index (χ4v) is 4.01. The summed E-state index contributed by atoms with van der Waals surface area (Å²) in [7, 11) is -7.34. The summed E-state index contributed by atoms with van der Waals surface area (Å²) in [4.78, 5) is -0.652. The fourth-order valence-electron chi connectivity index (χ4n) is 2.55. The average molecular weight is 446 g/mol. The summed E-state index contributed by atoms with van der Waals surface area (Å²) in [5, 5.41) is 3.60. The summed E-state index contributed by atoms with van der Waals surface area (Å²) >= 11 is 0. The number of hydrogen-bond donors (Lipinski definition) is 1. The molecule has 0 aliphatic heterocycles. The van der Waals surface area contributed by atoms with Crippen LogP contribution in [-0.2, 0) is 20.2 Å². The number of fused-ring (bicyclic) bond motifs is 1. The molecule has 7 nitrogen and oxygen atoms in total. The normalized spacial score (nSPS) is 11.7. The Balaban J connectivity index is 0.00000280. The van der Waals surface area contributed by atoms with Crippen LogP contribution < -0.4 is 60.9 Å². The van der Waals surface area contributed by atoms with Crippen molar-refractivity contribution in [3.8, 4) is 5.75 Å². The molecule has 3 aromatic carbocycles. The van der Waals surface area contributed by atoms with Crippen molar-refractivity contribution in [3.05, 3.63) is 60.2 Å². The molecule has 0 heterocycles. The summed E-state index contributed by atoms with van der Waals surface area (Å²) in [5.74, 6) is -0.231. The second-order valence-corrected chi connectivity index (χ2v) is 8.84. The molecule has 10 heteroatoms. The molecule has 142 valence electrons. The van der Waals surface area contributed by atoms with Gasteiger partial charge in [-0.25, -0.2) is 8.42 Å². The van der Waals surface area contributed by atoms with Crippen LogP contribution in [0.4, 0.5) is 5.69 Å². The molecule has 0 amide bonds. The van der Waals surface area contributed by atoms with Gasteiger partial charge in [-0.15, -0.1) is 0 Å².